The van der Waals surface area contributed by atoms with Crippen LogP contribution in [0.15, 0.2) is 11.6 Å². The van der Waals surface area contributed by atoms with Gasteiger partial charge in [0.05, 0.1) is 14.2 Å². The van der Waals surface area contributed by atoms with E-state index in [2.05, 4.69) is 9.47 Å². The Balaban J connectivity index is 2.78. The van der Waals surface area contributed by atoms with Crippen LogP contribution in [-0.2, 0) is 19.1 Å². The summed E-state index contributed by atoms with van der Waals surface area (Å²) in [6, 6.07) is 0. The van der Waals surface area contributed by atoms with E-state index in [1.54, 1.807) is 6.08 Å². The number of esters is 2. The van der Waals surface area contributed by atoms with Gasteiger partial charge in [0.2, 0.25) is 0 Å². The average Bonchev–Trinajstić information content (AvgIpc) is 2.76. The molecular formula is C11H16O4. The van der Waals surface area contributed by atoms with Gasteiger partial charge >= 0.3 is 11.9 Å². The first-order chi connectivity index (χ1) is 7.19. The summed E-state index contributed by atoms with van der Waals surface area (Å²) in [5.41, 5.74) is 0.0203. The minimum absolute atomic E-state index is 0.0203. The lowest BCUT2D eigenvalue weighted by molar-refractivity contribution is -0.144. The molecule has 0 atom stereocenters. The number of carbonyl (C=O) groups is 2. The van der Waals surface area contributed by atoms with E-state index in [4.69, 9.17) is 0 Å². The van der Waals surface area contributed by atoms with Gasteiger partial charge in [-0.2, -0.15) is 0 Å². The highest BCUT2D eigenvalue weighted by atomic mass is 16.5. The lowest BCUT2D eigenvalue weighted by atomic mass is 10.0. The summed E-state index contributed by atoms with van der Waals surface area (Å²) < 4.78 is 9.08. The lowest BCUT2D eigenvalue weighted by Gasteiger charge is -2.06. The molecule has 0 aromatic carbocycles. The van der Waals surface area contributed by atoms with E-state index in [1.165, 1.54) is 14.2 Å². The minimum Gasteiger partial charge on any atom is -0.465 e. The Morgan fingerprint density at radius 1 is 1.07 bits per heavy atom. The van der Waals surface area contributed by atoms with Crippen LogP contribution in [0.25, 0.3) is 0 Å². The molecule has 4 heteroatoms. The summed E-state index contributed by atoms with van der Waals surface area (Å²) in [7, 11) is 2.52. The van der Waals surface area contributed by atoms with Crippen LogP contribution in [0.2, 0.25) is 0 Å². The van der Waals surface area contributed by atoms with Gasteiger partial charge < -0.3 is 9.47 Å². The standard InChI is InChI=1S/C11H16O4/c1-14-10(12)9(11(13)15-2)7-8-5-3-4-6-8/h7-8H,3-6H2,1-2H3. The molecule has 1 aliphatic rings. The van der Waals surface area contributed by atoms with Gasteiger partial charge in [-0.05, 0) is 18.8 Å². The monoisotopic (exact) mass is 212 g/mol. The number of hydrogen-bond acceptors (Lipinski definition) is 4. The van der Waals surface area contributed by atoms with Gasteiger partial charge in [0, 0.05) is 0 Å². The van der Waals surface area contributed by atoms with Crippen LogP contribution in [0.1, 0.15) is 25.7 Å². The molecule has 84 valence electrons. The van der Waals surface area contributed by atoms with Crippen molar-refractivity contribution in [3.05, 3.63) is 11.6 Å². The Kier molecular flexibility index (Phi) is 4.34. The van der Waals surface area contributed by atoms with E-state index >= 15 is 0 Å². The van der Waals surface area contributed by atoms with Crippen molar-refractivity contribution in [2.75, 3.05) is 14.2 Å². The molecule has 0 aromatic rings. The second-order valence-corrected chi connectivity index (χ2v) is 3.61. The third kappa shape index (κ3) is 3.08. The highest BCUT2D eigenvalue weighted by molar-refractivity contribution is 6.13. The van der Waals surface area contributed by atoms with E-state index in [9.17, 15) is 9.59 Å². The Bertz CT molecular complexity index is 256. The van der Waals surface area contributed by atoms with Crippen LogP contribution in [0, 0.1) is 5.92 Å². The number of rotatable bonds is 3. The van der Waals surface area contributed by atoms with Crippen LogP contribution < -0.4 is 0 Å². The maximum absolute atomic E-state index is 11.3. The molecule has 0 unspecified atom stereocenters. The van der Waals surface area contributed by atoms with Gasteiger partial charge in [-0.3, -0.25) is 0 Å². The molecule has 1 rings (SSSR count). The molecule has 4 nitrogen and oxygen atoms in total. The lowest BCUT2D eigenvalue weighted by Crippen LogP contribution is -2.16. The third-order valence-electron chi connectivity index (χ3n) is 2.61. The molecule has 0 saturated heterocycles. The summed E-state index contributed by atoms with van der Waals surface area (Å²) in [4.78, 5) is 22.6. The van der Waals surface area contributed by atoms with Gasteiger partial charge in [0.25, 0.3) is 0 Å². The van der Waals surface area contributed by atoms with Crippen molar-refractivity contribution in [1.29, 1.82) is 0 Å². The fourth-order valence-corrected chi connectivity index (χ4v) is 1.80. The van der Waals surface area contributed by atoms with E-state index < -0.39 is 11.9 Å². The first kappa shape index (κ1) is 11.8. The molecular weight excluding hydrogens is 196 g/mol. The number of methoxy groups -OCH3 is 2. The van der Waals surface area contributed by atoms with Gasteiger partial charge in [-0.25, -0.2) is 9.59 Å². The fraction of sp³-hybridized carbons (Fsp3) is 0.636. The molecule has 0 aromatic heterocycles. The second kappa shape index (κ2) is 5.53. The molecule has 1 aliphatic carbocycles. The number of hydrogen-bond donors (Lipinski definition) is 0. The maximum atomic E-state index is 11.3. The Hall–Kier alpha value is -1.32. The maximum Gasteiger partial charge on any atom is 0.344 e. The number of ether oxygens (including phenoxy) is 2. The number of carbonyl (C=O) groups excluding carboxylic acids is 2. The summed E-state index contributed by atoms with van der Waals surface area (Å²) >= 11 is 0. The van der Waals surface area contributed by atoms with Gasteiger partial charge in [0.15, 0.2) is 0 Å². The average molecular weight is 212 g/mol. The molecule has 0 spiro atoms. The minimum atomic E-state index is -0.617. The third-order valence-corrected chi connectivity index (χ3v) is 2.61. The predicted octanol–water partition coefficient (Wildman–Crippen LogP) is 1.45. The van der Waals surface area contributed by atoms with Crippen molar-refractivity contribution >= 4 is 11.9 Å². The highest BCUT2D eigenvalue weighted by Crippen LogP contribution is 2.27. The molecule has 0 heterocycles. The van der Waals surface area contributed by atoms with Crippen molar-refractivity contribution in [2.24, 2.45) is 5.92 Å². The van der Waals surface area contributed by atoms with Crippen LogP contribution in [0.5, 0.6) is 0 Å². The first-order valence-electron chi connectivity index (χ1n) is 5.07. The van der Waals surface area contributed by atoms with Crippen LogP contribution >= 0.6 is 0 Å². The summed E-state index contributed by atoms with van der Waals surface area (Å²) in [6.07, 6.45) is 6.03. The molecule has 15 heavy (non-hydrogen) atoms. The van der Waals surface area contributed by atoms with Crippen molar-refractivity contribution in [3.8, 4) is 0 Å². The zero-order chi connectivity index (χ0) is 11.3. The van der Waals surface area contributed by atoms with Crippen molar-refractivity contribution < 1.29 is 19.1 Å². The van der Waals surface area contributed by atoms with Crippen molar-refractivity contribution in [2.45, 2.75) is 25.7 Å². The van der Waals surface area contributed by atoms with E-state index in [1.807, 2.05) is 0 Å². The molecule has 0 radical (unpaired) electrons. The van der Waals surface area contributed by atoms with Crippen LogP contribution in [-0.4, -0.2) is 26.2 Å². The summed E-state index contributed by atoms with van der Waals surface area (Å²) in [5, 5.41) is 0. The van der Waals surface area contributed by atoms with Crippen molar-refractivity contribution in [1.82, 2.24) is 0 Å². The topological polar surface area (TPSA) is 52.6 Å². The molecule has 0 amide bonds. The highest BCUT2D eigenvalue weighted by Gasteiger charge is 2.23. The van der Waals surface area contributed by atoms with Gasteiger partial charge in [-0.15, -0.1) is 0 Å². The molecule has 0 bridgehead atoms. The van der Waals surface area contributed by atoms with Gasteiger partial charge in [-0.1, -0.05) is 18.9 Å². The largest absolute Gasteiger partial charge is 0.465 e. The normalized spacial score (nSPS) is 15.9. The van der Waals surface area contributed by atoms with E-state index in [0.717, 1.165) is 25.7 Å². The van der Waals surface area contributed by atoms with Crippen molar-refractivity contribution in [3.63, 3.8) is 0 Å². The smallest absolute Gasteiger partial charge is 0.344 e. The second-order valence-electron chi connectivity index (χ2n) is 3.61. The number of allylic oxidation sites excluding steroid dienone is 1. The summed E-state index contributed by atoms with van der Waals surface area (Å²) in [6.45, 7) is 0. The summed E-state index contributed by atoms with van der Waals surface area (Å²) in [5.74, 6) is -0.930. The zero-order valence-corrected chi connectivity index (χ0v) is 9.12. The molecule has 0 N–H and O–H groups in total. The predicted molar refractivity (Wildman–Crippen MR) is 54.1 cm³/mol. The first-order valence-corrected chi connectivity index (χ1v) is 5.07. The van der Waals surface area contributed by atoms with Gasteiger partial charge in [0.1, 0.15) is 5.57 Å². The quantitative estimate of drug-likeness (QED) is 0.307. The Labute approximate surface area is 89.2 Å². The Morgan fingerprint density at radius 3 is 1.93 bits per heavy atom. The Morgan fingerprint density at radius 2 is 1.53 bits per heavy atom. The molecule has 1 fully saturated rings. The van der Waals surface area contributed by atoms with Crippen LogP contribution in [0.4, 0.5) is 0 Å². The fourth-order valence-electron chi connectivity index (χ4n) is 1.80. The SMILES string of the molecule is COC(=O)C(=CC1CCCC1)C(=O)OC. The van der Waals surface area contributed by atoms with E-state index in [0.29, 0.717) is 5.92 Å². The van der Waals surface area contributed by atoms with E-state index in [-0.39, 0.29) is 5.57 Å². The molecule has 0 aliphatic heterocycles. The molecule has 1 saturated carbocycles. The van der Waals surface area contributed by atoms with Crippen LogP contribution in [0.3, 0.4) is 0 Å². The zero-order valence-electron chi connectivity index (χ0n) is 9.12.